The third-order valence-electron chi connectivity index (χ3n) is 5.58. The van der Waals surface area contributed by atoms with Crippen LogP contribution >= 0.6 is 64.8 Å². The lowest BCUT2D eigenvalue weighted by Crippen LogP contribution is -2.27. The molecule has 0 aromatic heterocycles. The second-order valence-electron chi connectivity index (χ2n) is 9.03. The number of rotatable bonds is 24. The van der Waals surface area contributed by atoms with E-state index in [2.05, 4.69) is 42.9 Å². The fraction of sp³-hybridized carbons (Fsp3) is 0.900. The smallest absolute Gasteiger partial charge is 0.303 e. The molecule has 2 N–H and O–H groups in total. The Morgan fingerprint density at radius 2 is 0.732 bits per heavy atom. The zero-order chi connectivity index (χ0) is 31.1. The molecule has 0 rings (SSSR count). The first-order valence-electron chi connectivity index (χ1n) is 14.4. The predicted molar refractivity (Wildman–Crippen MR) is 202 cm³/mol. The van der Waals surface area contributed by atoms with Crippen LogP contribution < -0.4 is 5.32 Å². The number of amides is 1. The Morgan fingerprint density at radius 3 is 0.951 bits per heavy atom. The van der Waals surface area contributed by atoms with E-state index < -0.39 is 5.97 Å². The molecule has 41 heavy (non-hydrogen) atoms. The molecule has 5 nitrogen and oxygen atoms in total. The van der Waals surface area contributed by atoms with Gasteiger partial charge >= 0.3 is 5.97 Å². The highest BCUT2D eigenvalue weighted by Gasteiger charge is 2.02. The quantitative estimate of drug-likeness (QED) is 0.0751. The number of carboxylic acid groups (broad SMARTS) is 1. The summed E-state index contributed by atoms with van der Waals surface area (Å²) >= 11 is 0. The average Bonchev–Trinajstić information content (AvgIpc) is 2.95. The monoisotopic (exact) mass is 695 g/mol. The van der Waals surface area contributed by atoms with Crippen LogP contribution in [0, 0.1) is 0 Å². The van der Waals surface area contributed by atoms with Crippen molar-refractivity contribution in [3.8, 4) is 0 Å². The lowest BCUT2D eigenvalue weighted by Gasteiger charge is -2.04. The Labute approximate surface area is 279 Å². The van der Waals surface area contributed by atoms with Gasteiger partial charge in [0.15, 0.2) is 0 Å². The fourth-order valence-electron chi connectivity index (χ4n) is 3.35. The number of hydrogen-bond acceptors (Lipinski definition) is 9. The van der Waals surface area contributed by atoms with Gasteiger partial charge in [0, 0.05) is 12.8 Å². The van der Waals surface area contributed by atoms with Gasteiger partial charge in [-0.2, -0.15) is 0 Å². The van der Waals surface area contributed by atoms with Crippen LogP contribution in [0.15, 0.2) is 0 Å². The number of unbranched alkanes of at least 4 members (excludes halogenated alkanes) is 15. The standard InChI is InChI=1S/C23H43NO4.3C2H6S2.CH4/c1-21(25)20-24-22(26)18-16-14-12-10-8-6-4-2-3-5-7-9-11-13-15-17-19-23(27)28;3*1-3-4-2;/h2-20H2,1H3,(H,24,26)(H,27,28);3*1-2H3;1H4. The number of carbonyl (C=O) groups excluding carboxylic acids is 2. The molecule has 0 spiro atoms. The molecule has 0 radical (unpaired) electrons. The second kappa shape index (κ2) is 50.3. The van der Waals surface area contributed by atoms with Gasteiger partial charge < -0.3 is 10.4 Å². The maximum Gasteiger partial charge on any atom is 0.303 e. The number of ketones is 1. The van der Waals surface area contributed by atoms with Gasteiger partial charge in [-0.3, -0.25) is 14.4 Å². The van der Waals surface area contributed by atoms with Crippen molar-refractivity contribution in [3.63, 3.8) is 0 Å². The number of Topliss-reactive ketones (excluding diaryl/α,β-unsaturated/α-hetero) is 1. The van der Waals surface area contributed by atoms with E-state index in [0.29, 0.717) is 12.8 Å². The van der Waals surface area contributed by atoms with Gasteiger partial charge in [0.1, 0.15) is 5.78 Å². The summed E-state index contributed by atoms with van der Waals surface area (Å²) < 4.78 is 0. The van der Waals surface area contributed by atoms with Crippen molar-refractivity contribution in [2.45, 2.75) is 130 Å². The maximum atomic E-state index is 11.4. The fourth-order valence-corrected chi connectivity index (χ4v) is 3.35. The van der Waals surface area contributed by atoms with E-state index in [9.17, 15) is 14.4 Å². The minimum atomic E-state index is -0.675. The molecule has 1 amide bonds. The van der Waals surface area contributed by atoms with Crippen molar-refractivity contribution in [2.24, 2.45) is 0 Å². The average molecular weight is 696 g/mol. The highest BCUT2D eigenvalue weighted by molar-refractivity contribution is 8.76. The predicted octanol–water partition coefficient (Wildman–Crippen LogP) is 11.3. The van der Waals surface area contributed by atoms with Crippen LogP contribution in [0.2, 0.25) is 0 Å². The van der Waals surface area contributed by atoms with Crippen molar-refractivity contribution in [2.75, 3.05) is 44.1 Å². The summed E-state index contributed by atoms with van der Waals surface area (Å²) in [6.45, 7) is 1.64. The summed E-state index contributed by atoms with van der Waals surface area (Å²) in [6, 6.07) is 0. The Kier molecular flexibility index (Phi) is 63.0. The normalized spacial score (nSPS) is 9.54. The summed E-state index contributed by atoms with van der Waals surface area (Å²) in [4.78, 5) is 32.6. The first-order chi connectivity index (χ1) is 19.3. The summed E-state index contributed by atoms with van der Waals surface area (Å²) in [5.41, 5.74) is 0. The van der Waals surface area contributed by atoms with Crippen molar-refractivity contribution in [3.05, 3.63) is 0 Å². The van der Waals surface area contributed by atoms with Crippen molar-refractivity contribution in [1.29, 1.82) is 0 Å². The molecule has 11 heteroatoms. The Bertz CT molecular complexity index is 502. The third kappa shape index (κ3) is 69.1. The zero-order valence-electron chi connectivity index (χ0n) is 26.6. The van der Waals surface area contributed by atoms with Crippen LogP contribution in [0.25, 0.3) is 0 Å². The maximum absolute atomic E-state index is 11.4. The van der Waals surface area contributed by atoms with Gasteiger partial charge in [0.05, 0.1) is 6.54 Å². The number of aliphatic carboxylic acids is 1. The van der Waals surface area contributed by atoms with Crippen molar-refractivity contribution >= 4 is 82.4 Å². The first kappa shape index (κ1) is 51.3. The summed E-state index contributed by atoms with van der Waals surface area (Å²) in [6.07, 6.45) is 32.6. The molecule has 0 bridgehead atoms. The van der Waals surface area contributed by atoms with Gasteiger partial charge in [-0.1, -0.05) is 162 Å². The van der Waals surface area contributed by atoms with Crippen molar-refractivity contribution in [1.82, 2.24) is 5.32 Å². The van der Waals surface area contributed by atoms with Gasteiger partial charge in [0.25, 0.3) is 0 Å². The summed E-state index contributed by atoms with van der Waals surface area (Å²) in [5, 5.41) is 11.2. The molecule has 0 aliphatic carbocycles. The van der Waals surface area contributed by atoms with E-state index >= 15 is 0 Å². The van der Waals surface area contributed by atoms with E-state index in [1.807, 2.05) is 0 Å². The molecule has 0 aromatic carbocycles. The Hall–Kier alpha value is 0.710. The number of nitrogens with one attached hydrogen (secondary N) is 1. The topological polar surface area (TPSA) is 83.5 Å². The molecular formula is C30H65NO4S6. The lowest BCUT2D eigenvalue weighted by atomic mass is 10.0. The second-order valence-corrected chi connectivity index (χ2v) is 17.0. The highest BCUT2D eigenvalue weighted by atomic mass is 33.1. The molecule has 0 unspecified atom stereocenters. The first-order valence-corrected chi connectivity index (χ1v) is 23.3. The largest absolute Gasteiger partial charge is 0.481 e. The van der Waals surface area contributed by atoms with E-state index in [1.165, 1.54) is 84.0 Å². The molecule has 0 atom stereocenters. The molecule has 0 aromatic rings. The van der Waals surface area contributed by atoms with Crippen LogP contribution in [0.3, 0.4) is 0 Å². The molecule has 0 saturated heterocycles. The number of carboxylic acids is 1. The van der Waals surface area contributed by atoms with Crippen LogP contribution in [0.1, 0.15) is 130 Å². The van der Waals surface area contributed by atoms with Gasteiger partial charge in [-0.05, 0) is 57.3 Å². The molecule has 0 aliphatic rings. The minimum absolute atomic E-state index is 0. The molecule has 0 heterocycles. The summed E-state index contributed by atoms with van der Waals surface area (Å²) in [7, 11) is 10.6. The highest BCUT2D eigenvalue weighted by Crippen LogP contribution is 2.14. The van der Waals surface area contributed by atoms with Gasteiger partial charge in [0.2, 0.25) is 5.91 Å². The van der Waals surface area contributed by atoms with Crippen LogP contribution in [-0.2, 0) is 14.4 Å². The van der Waals surface area contributed by atoms with E-state index in [4.69, 9.17) is 5.11 Å². The minimum Gasteiger partial charge on any atom is -0.481 e. The Balaban J connectivity index is -0.000000278. The van der Waals surface area contributed by atoms with Gasteiger partial charge in [-0.15, -0.1) is 0 Å². The summed E-state index contributed by atoms with van der Waals surface area (Å²) in [5.74, 6) is -0.682. The van der Waals surface area contributed by atoms with Crippen LogP contribution in [0.4, 0.5) is 0 Å². The molecule has 0 fully saturated rings. The number of carbonyl (C=O) groups is 3. The molecule has 250 valence electrons. The molecule has 0 saturated carbocycles. The number of hydrogen-bond donors (Lipinski definition) is 2. The zero-order valence-corrected chi connectivity index (χ0v) is 31.5. The SMILES string of the molecule is C.CC(=O)CNC(=O)CCCCCCCCCCCCCCCCCCC(=O)O.CSSC.CSSC.CSSC. The van der Waals surface area contributed by atoms with Crippen molar-refractivity contribution < 1.29 is 19.5 Å². The molecule has 0 aliphatic heterocycles. The van der Waals surface area contributed by atoms with E-state index in [-0.39, 0.29) is 25.7 Å². The van der Waals surface area contributed by atoms with Crippen LogP contribution in [-0.4, -0.2) is 66.8 Å². The third-order valence-corrected chi connectivity index (χ3v) is 9.58. The Morgan fingerprint density at radius 1 is 0.488 bits per heavy atom. The molecular weight excluding hydrogens is 631 g/mol. The lowest BCUT2D eigenvalue weighted by molar-refractivity contribution is -0.137. The van der Waals surface area contributed by atoms with Gasteiger partial charge in [-0.25, -0.2) is 0 Å². The van der Waals surface area contributed by atoms with Crippen LogP contribution in [0.5, 0.6) is 0 Å². The van der Waals surface area contributed by atoms with E-state index in [1.54, 1.807) is 64.8 Å². The van der Waals surface area contributed by atoms with E-state index in [0.717, 1.165) is 25.7 Å².